The highest BCUT2D eigenvalue weighted by atomic mass is 16.5. The second kappa shape index (κ2) is 7.86. The van der Waals surface area contributed by atoms with Crippen LogP contribution in [0, 0.1) is 0 Å². The number of hydrogen-bond acceptors (Lipinski definition) is 4. The summed E-state index contributed by atoms with van der Waals surface area (Å²) in [6.45, 7) is 2.54. The number of nitrogens with zero attached hydrogens (tertiary/aromatic N) is 1. The number of carbonyl (C=O) groups excluding carboxylic acids is 2. The second-order valence-corrected chi connectivity index (χ2v) is 5.32. The van der Waals surface area contributed by atoms with Crippen molar-refractivity contribution in [2.24, 2.45) is 0 Å². The zero-order valence-electron chi connectivity index (χ0n) is 12.5. The van der Waals surface area contributed by atoms with Crippen molar-refractivity contribution < 1.29 is 18.7 Å². The largest absolute Gasteiger partial charge is 0.466 e. The van der Waals surface area contributed by atoms with E-state index in [9.17, 15) is 9.59 Å². The summed E-state index contributed by atoms with van der Waals surface area (Å²) in [5.74, 6) is -0.0498. The van der Waals surface area contributed by atoms with E-state index in [0.717, 1.165) is 25.7 Å². The smallest absolute Gasteiger partial charge is 0.307 e. The highest BCUT2D eigenvalue weighted by molar-refractivity contribution is 5.91. The molecular weight excluding hydrogens is 270 g/mol. The van der Waals surface area contributed by atoms with Crippen LogP contribution < -0.4 is 0 Å². The summed E-state index contributed by atoms with van der Waals surface area (Å²) in [4.78, 5) is 25.9. The van der Waals surface area contributed by atoms with Crippen LogP contribution in [0.3, 0.4) is 0 Å². The van der Waals surface area contributed by atoms with Crippen molar-refractivity contribution in [2.45, 2.75) is 51.5 Å². The van der Waals surface area contributed by atoms with Crippen molar-refractivity contribution in [3.8, 4) is 0 Å². The molecule has 1 aliphatic rings. The summed E-state index contributed by atoms with van der Waals surface area (Å²) in [6, 6.07) is 3.57. The van der Waals surface area contributed by atoms with Gasteiger partial charge in [-0.05, 0) is 31.9 Å². The van der Waals surface area contributed by atoms with Crippen molar-refractivity contribution in [3.05, 3.63) is 24.2 Å². The Kier molecular flexibility index (Phi) is 5.84. The lowest BCUT2D eigenvalue weighted by molar-refractivity contribution is -0.143. The van der Waals surface area contributed by atoms with E-state index < -0.39 is 0 Å². The molecule has 1 heterocycles. The number of carbonyl (C=O) groups is 2. The Morgan fingerprint density at radius 2 is 2.10 bits per heavy atom. The lowest BCUT2D eigenvalue weighted by Crippen LogP contribution is -2.42. The topological polar surface area (TPSA) is 59.8 Å². The van der Waals surface area contributed by atoms with Crippen LogP contribution >= 0.6 is 0 Å². The average Bonchev–Trinajstić information content (AvgIpc) is 3.03. The van der Waals surface area contributed by atoms with Crippen molar-refractivity contribution in [2.75, 3.05) is 13.2 Å². The van der Waals surface area contributed by atoms with Gasteiger partial charge < -0.3 is 14.1 Å². The zero-order valence-corrected chi connectivity index (χ0v) is 12.5. The van der Waals surface area contributed by atoms with Gasteiger partial charge in [-0.2, -0.15) is 0 Å². The number of hydrogen-bond donors (Lipinski definition) is 0. The molecular formula is C16H23NO4. The van der Waals surface area contributed by atoms with Crippen molar-refractivity contribution >= 4 is 11.9 Å². The van der Waals surface area contributed by atoms with Gasteiger partial charge in [0.25, 0.3) is 5.91 Å². The summed E-state index contributed by atoms with van der Waals surface area (Å²) in [6.07, 6.45) is 7.20. The summed E-state index contributed by atoms with van der Waals surface area (Å²) >= 11 is 0. The molecule has 116 valence electrons. The predicted molar refractivity (Wildman–Crippen MR) is 77.9 cm³/mol. The Hall–Kier alpha value is -1.78. The van der Waals surface area contributed by atoms with Gasteiger partial charge in [0.1, 0.15) is 0 Å². The first-order valence-corrected chi connectivity index (χ1v) is 7.72. The minimum atomic E-state index is -0.259. The molecule has 1 saturated carbocycles. The lowest BCUT2D eigenvalue weighted by atomic mass is 9.94. The van der Waals surface area contributed by atoms with Crippen molar-refractivity contribution in [3.63, 3.8) is 0 Å². The summed E-state index contributed by atoms with van der Waals surface area (Å²) in [5.41, 5.74) is 0. The van der Waals surface area contributed by atoms with E-state index in [0.29, 0.717) is 18.9 Å². The SMILES string of the molecule is CCOC(=O)CCN(C(=O)c1ccco1)C1CCCCC1. The highest BCUT2D eigenvalue weighted by Crippen LogP contribution is 2.24. The van der Waals surface area contributed by atoms with E-state index in [1.807, 2.05) is 0 Å². The van der Waals surface area contributed by atoms with Gasteiger partial charge in [-0.1, -0.05) is 19.3 Å². The Labute approximate surface area is 125 Å². The Morgan fingerprint density at radius 3 is 2.71 bits per heavy atom. The van der Waals surface area contributed by atoms with Crippen LogP contribution in [0.25, 0.3) is 0 Å². The molecule has 5 nitrogen and oxygen atoms in total. The first-order chi connectivity index (χ1) is 10.2. The molecule has 1 amide bonds. The molecule has 0 aromatic carbocycles. The molecule has 2 rings (SSSR count). The van der Waals surface area contributed by atoms with Gasteiger partial charge in [0.05, 0.1) is 19.3 Å². The average molecular weight is 293 g/mol. The van der Waals surface area contributed by atoms with Crippen molar-refractivity contribution in [1.82, 2.24) is 4.90 Å². The maximum atomic E-state index is 12.6. The molecule has 0 radical (unpaired) electrons. The first kappa shape index (κ1) is 15.6. The van der Waals surface area contributed by atoms with Gasteiger partial charge in [0, 0.05) is 12.6 Å². The van der Waals surface area contributed by atoms with Crippen LogP contribution in [-0.2, 0) is 9.53 Å². The van der Waals surface area contributed by atoms with E-state index >= 15 is 0 Å². The monoisotopic (exact) mass is 293 g/mol. The number of esters is 1. The molecule has 0 atom stereocenters. The third-order valence-electron chi connectivity index (χ3n) is 3.87. The van der Waals surface area contributed by atoms with E-state index in [1.54, 1.807) is 24.0 Å². The molecule has 0 bridgehead atoms. The predicted octanol–water partition coefficient (Wildman–Crippen LogP) is 3.01. The zero-order chi connectivity index (χ0) is 15.1. The molecule has 0 spiro atoms. The minimum Gasteiger partial charge on any atom is -0.466 e. The van der Waals surface area contributed by atoms with Crippen LogP contribution in [0.1, 0.15) is 56.0 Å². The van der Waals surface area contributed by atoms with E-state index in [1.165, 1.54) is 12.7 Å². The maximum absolute atomic E-state index is 12.6. The van der Waals surface area contributed by atoms with Gasteiger partial charge in [-0.3, -0.25) is 9.59 Å². The summed E-state index contributed by atoms with van der Waals surface area (Å²) < 4.78 is 10.2. The van der Waals surface area contributed by atoms with Gasteiger partial charge in [0.2, 0.25) is 0 Å². The van der Waals surface area contributed by atoms with Gasteiger partial charge >= 0.3 is 5.97 Å². The molecule has 21 heavy (non-hydrogen) atoms. The standard InChI is InChI=1S/C16H23NO4/c1-2-20-15(18)10-11-17(13-7-4-3-5-8-13)16(19)14-9-6-12-21-14/h6,9,12-13H,2-5,7-8,10-11H2,1H3. The molecule has 0 aliphatic heterocycles. The van der Waals surface area contributed by atoms with Gasteiger partial charge in [0.15, 0.2) is 5.76 Å². The van der Waals surface area contributed by atoms with E-state index in [-0.39, 0.29) is 24.3 Å². The molecule has 1 aromatic heterocycles. The van der Waals surface area contributed by atoms with E-state index in [2.05, 4.69) is 0 Å². The molecule has 0 N–H and O–H groups in total. The van der Waals surface area contributed by atoms with Crippen LogP contribution in [0.2, 0.25) is 0 Å². The number of amides is 1. The number of ether oxygens (including phenoxy) is 1. The molecule has 1 aliphatic carbocycles. The molecule has 0 saturated heterocycles. The molecule has 5 heteroatoms. The van der Waals surface area contributed by atoms with Gasteiger partial charge in [-0.25, -0.2) is 0 Å². The third kappa shape index (κ3) is 4.34. The first-order valence-electron chi connectivity index (χ1n) is 7.72. The van der Waals surface area contributed by atoms with Crippen molar-refractivity contribution in [1.29, 1.82) is 0 Å². The van der Waals surface area contributed by atoms with Crippen LogP contribution in [0.4, 0.5) is 0 Å². The Morgan fingerprint density at radius 1 is 1.33 bits per heavy atom. The lowest BCUT2D eigenvalue weighted by Gasteiger charge is -2.33. The minimum absolute atomic E-state index is 0.129. The Bertz CT molecular complexity index is 449. The fourth-order valence-electron chi connectivity index (χ4n) is 2.83. The van der Waals surface area contributed by atoms with E-state index in [4.69, 9.17) is 9.15 Å². The summed E-state index contributed by atoms with van der Waals surface area (Å²) in [5, 5.41) is 0. The fourth-order valence-corrected chi connectivity index (χ4v) is 2.83. The van der Waals surface area contributed by atoms with Gasteiger partial charge in [-0.15, -0.1) is 0 Å². The third-order valence-corrected chi connectivity index (χ3v) is 3.87. The maximum Gasteiger partial charge on any atom is 0.307 e. The summed E-state index contributed by atoms with van der Waals surface area (Å²) in [7, 11) is 0. The van der Waals surface area contributed by atoms with Crippen LogP contribution in [0.15, 0.2) is 22.8 Å². The normalized spacial score (nSPS) is 15.7. The fraction of sp³-hybridized carbons (Fsp3) is 0.625. The van der Waals surface area contributed by atoms with Crippen LogP contribution in [-0.4, -0.2) is 36.0 Å². The second-order valence-electron chi connectivity index (χ2n) is 5.32. The Balaban J connectivity index is 2.02. The quantitative estimate of drug-likeness (QED) is 0.756. The number of rotatable bonds is 6. The highest BCUT2D eigenvalue weighted by Gasteiger charge is 2.28. The molecule has 1 fully saturated rings. The molecule has 1 aromatic rings. The number of furan rings is 1. The van der Waals surface area contributed by atoms with Crippen LogP contribution in [0.5, 0.6) is 0 Å². The molecule has 0 unspecified atom stereocenters.